The molecule has 0 fully saturated rings. The smallest absolute Gasteiger partial charge is 0.122 e. The van der Waals surface area contributed by atoms with E-state index in [0.29, 0.717) is 0 Å². The number of hydrogen-bond donors (Lipinski definition) is 0. The Morgan fingerprint density at radius 1 is 1.43 bits per heavy atom. The fourth-order valence-corrected chi connectivity index (χ4v) is 1.66. The summed E-state index contributed by atoms with van der Waals surface area (Å²) in [5, 5.41) is 0. The van der Waals surface area contributed by atoms with Crippen molar-refractivity contribution in [3.05, 3.63) is 42.0 Å². The molecule has 2 nitrogen and oxygen atoms in total. The molecule has 2 heteroatoms. The van der Waals surface area contributed by atoms with Gasteiger partial charge in [-0.05, 0) is 11.6 Å². The van der Waals surface area contributed by atoms with Gasteiger partial charge in [0.2, 0.25) is 0 Å². The Morgan fingerprint density at radius 2 is 2.29 bits per heavy atom. The second-order valence-corrected chi connectivity index (χ2v) is 3.32. The summed E-state index contributed by atoms with van der Waals surface area (Å²) in [5.41, 5.74) is 1.20. The van der Waals surface area contributed by atoms with Gasteiger partial charge in [0.05, 0.1) is 19.8 Å². The molecule has 0 spiro atoms. The summed E-state index contributed by atoms with van der Waals surface area (Å²) in [6.45, 7) is 0.736. The molecule has 0 N–H and O–H groups in total. The van der Waals surface area contributed by atoms with E-state index in [1.54, 1.807) is 7.11 Å². The molecule has 2 rings (SSSR count). The molecule has 1 atom stereocenters. The SMILES string of the molecule is COc1ccccc1C[C@H]1C=CCO1. The molecular weight excluding hydrogens is 176 g/mol. The molecule has 0 unspecified atom stereocenters. The first kappa shape index (κ1) is 9.28. The van der Waals surface area contributed by atoms with Gasteiger partial charge in [-0.1, -0.05) is 30.4 Å². The van der Waals surface area contributed by atoms with Crippen LogP contribution in [-0.2, 0) is 11.2 Å². The molecule has 0 saturated carbocycles. The molecule has 14 heavy (non-hydrogen) atoms. The first-order valence-corrected chi connectivity index (χ1v) is 4.80. The topological polar surface area (TPSA) is 18.5 Å². The molecular formula is C12H14O2. The normalized spacial score (nSPS) is 19.9. The van der Waals surface area contributed by atoms with Crippen LogP contribution in [0, 0.1) is 0 Å². The van der Waals surface area contributed by atoms with Gasteiger partial charge < -0.3 is 9.47 Å². The Kier molecular flexibility index (Phi) is 2.84. The van der Waals surface area contributed by atoms with Gasteiger partial charge in [0, 0.05) is 6.42 Å². The van der Waals surface area contributed by atoms with Crippen LogP contribution in [0.25, 0.3) is 0 Å². The number of para-hydroxylation sites is 1. The predicted molar refractivity (Wildman–Crippen MR) is 55.6 cm³/mol. The Morgan fingerprint density at radius 3 is 3.00 bits per heavy atom. The molecule has 1 aromatic carbocycles. The van der Waals surface area contributed by atoms with E-state index in [2.05, 4.69) is 18.2 Å². The van der Waals surface area contributed by atoms with Gasteiger partial charge in [-0.25, -0.2) is 0 Å². The Labute approximate surface area is 84.2 Å². The van der Waals surface area contributed by atoms with Crippen molar-refractivity contribution in [2.75, 3.05) is 13.7 Å². The van der Waals surface area contributed by atoms with E-state index in [0.717, 1.165) is 18.8 Å². The third-order valence-corrected chi connectivity index (χ3v) is 2.37. The van der Waals surface area contributed by atoms with Crippen molar-refractivity contribution >= 4 is 0 Å². The lowest BCUT2D eigenvalue weighted by molar-refractivity contribution is 0.128. The quantitative estimate of drug-likeness (QED) is 0.680. The Bertz CT molecular complexity index is 331. The van der Waals surface area contributed by atoms with E-state index in [-0.39, 0.29) is 6.10 Å². The van der Waals surface area contributed by atoms with Crippen molar-refractivity contribution in [3.63, 3.8) is 0 Å². The van der Waals surface area contributed by atoms with Crippen LogP contribution in [0.3, 0.4) is 0 Å². The number of benzene rings is 1. The molecule has 1 heterocycles. The van der Waals surface area contributed by atoms with Crippen LogP contribution < -0.4 is 4.74 Å². The van der Waals surface area contributed by atoms with Crippen molar-refractivity contribution in [1.29, 1.82) is 0 Å². The second-order valence-electron chi connectivity index (χ2n) is 3.32. The van der Waals surface area contributed by atoms with Crippen LogP contribution in [0.1, 0.15) is 5.56 Å². The summed E-state index contributed by atoms with van der Waals surface area (Å²) in [6.07, 6.45) is 5.26. The maximum atomic E-state index is 5.49. The van der Waals surface area contributed by atoms with E-state index < -0.39 is 0 Å². The molecule has 0 aliphatic carbocycles. The number of rotatable bonds is 3. The first-order valence-electron chi connectivity index (χ1n) is 4.80. The highest BCUT2D eigenvalue weighted by Crippen LogP contribution is 2.21. The zero-order chi connectivity index (χ0) is 9.80. The van der Waals surface area contributed by atoms with Gasteiger partial charge in [-0.2, -0.15) is 0 Å². The number of ether oxygens (including phenoxy) is 2. The van der Waals surface area contributed by atoms with Gasteiger partial charge in [0.25, 0.3) is 0 Å². The van der Waals surface area contributed by atoms with Crippen molar-refractivity contribution in [3.8, 4) is 5.75 Å². The van der Waals surface area contributed by atoms with Crippen LogP contribution in [0.5, 0.6) is 5.75 Å². The third-order valence-electron chi connectivity index (χ3n) is 2.37. The maximum absolute atomic E-state index is 5.49. The predicted octanol–water partition coefficient (Wildman–Crippen LogP) is 2.19. The maximum Gasteiger partial charge on any atom is 0.122 e. The molecule has 0 bridgehead atoms. The summed E-state index contributed by atoms with van der Waals surface area (Å²) in [5.74, 6) is 0.941. The molecule has 1 aliphatic heterocycles. The lowest BCUT2D eigenvalue weighted by atomic mass is 10.1. The summed E-state index contributed by atoms with van der Waals surface area (Å²) >= 11 is 0. The van der Waals surface area contributed by atoms with Crippen LogP contribution in [0.4, 0.5) is 0 Å². The zero-order valence-electron chi connectivity index (χ0n) is 8.27. The molecule has 74 valence electrons. The van der Waals surface area contributed by atoms with Gasteiger partial charge >= 0.3 is 0 Å². The average Bonchev–Trinajstić information content (AvgIpc) is 2.71. The molecule has 1 aliphatic rings. The van der Waals surface area contributed by atoms with E-state index in [1.807, 2.05) is 18.2 Å². The van der Waals surface area contributed by atoms with Crippen molar-refractivity contribution in [2.24, 2.45) is 0 Å². The van der Waals surface area contributed by atoms with Gasteiger partial charge in [-0.3, -0.25) is 0 Å². The summed E-state index contributed by atoms with van der Waals surface area (Å²) in [7, 11) is 1.70. The molecule has 0 amide bonds. The minimum atomic E-state index is 0.214. The lowest BCUT2D eigenvalue weighted by Gasteiger charge is -2.11. The lowest BCUT2D eigenvalue weighted by Crippen LogP contribution is -2.09. The number of methoxy groups -OCH3 is 1. The highest BCUT2D eigenvalue weighted by molar-refractivity contribution is 5.34. The number of hydrogen-bond acceptors (Lipinski definition) is 2. The van der Waals surface area contributed by atoms with Gasteiger partial charge in [-0.15, -0.1) is 0 Å². The second kappa shape index (κ2) is 4.29. The average molecular weight is 190 g/mol. The van der Waals surface area contributed by atoms with E-state index in [4.69, 9.17) is 9.47 Å². The molecule has 0 aromatic heterocycles. The standard InChI is InChI=1S/C12H14O2/c1-13-12-7-3-2-5-10(12)9-11-6-4-8-14-11/h2-7,11H,8-9H2,1H3/t11-/m1/s1. The van der Waals surface area contributed by atoms with E-state index in [9.17, 15) is 0 Å². The van der Waals surface area contributed by atoms with Crippen LogP contribution in [0.2, 0.25) is 0 Å². The zero-order valence-corrected chi connectivity index (χ0v) is 8.27. The monoisotopic (exact) mass is 190 g/mol. The highest BCUT2D eigenvalue weighted by Gasteiger charge is 2.12. The van der Waals surface area contributed by atoms with Crippen LogP contribution >= 0.6 is 0 Å². The largest absolute Gasteiger partial charge is 0.496 e. The third kappa shape index (κ3) is 1.96. The summed E-state index contributed by atoms with van der Waals surface area (Å²) in [4.78, 5) is 0. The van der Waals surface area contributed by atoms with Crippen LogP contribution in [0.15, 0.2) is 36.4 Å². The molecule has 0 radical (unpaired) electrons. The van der Waals surface area contributed by atoms with Crippen LogP contribution in [-0.4, -0.2) is 19.8 Å². The van der Waals surface area contributed by atoms with Gasteiger partial charge in [0.1, 0.15) is 5.75 Å². The summed E-state index contributed by atoms with van der Waals surface area (Å²) in [6, 6.07) is 8.06. The fraction of sp³-hybridized carbons (Fsp3) is 0.333. The Hall–Kier alpha value is -1.28. The fourth-order valence-electron chi connectivity index (χ4n) is 1.66. The van der Waals surface area contributed by atoms with Gasteiger partial charge in [0.15, 0.2) is 0 Å². The highest BCUT2D eigenvalue weighted by atomic mass is 16.5. The molecule has 1 aromatic rings. The minimum absolute atomic E-state index is 0.214. The Balaban J connectivity index is 2.11. The van der Waals surface area contributed by atoms with Crippen molar-refractivity contribution < 1.29 is 9.47 Å². The first-order chi connectivity index (χ1) is 6.90. The van der Waals surface area contributed by atoms with Crippen molar-refractivity contribution in [2.45, 2.75) is 12.5 Å². The summed E-state index contributed by atoms with van der Waals surface area (Å²) < 4.78 is 10.8. The molecule has 0 saturated heterocycles. The van der Waals surface area contributed by atoms with Crippen molar-refractivity contribution in [1.82, 2.24) is 0 Å². The van der Waals surface area contributed by atoms with E-state index >= 15 is 0 Å². The van der Waals surface area contributed by atoms with E-state index in [1.165, 1.54) is 5.56 Å². The minimum Gasteiger partial charge on any atom is -0.496 e.